The molecule has 0 heterocycles. The molecule has 0 saturated heterocycles. The number of nitrogens with zero attached hydrogens (tertiary/aromatic N) is 2. The molecule has 0 aromatic heterocycles. The molecule has 2 N–H and O–H groups in total. The molecule has 0 bridgehead atoms. The quantitative estimate of drug-likeness (QED) is 0.356. The lowest BCUT2D eigenvalue weighted by Crippen LogP contribution is -2.33. The van der Waals surface area contributed by atoms with Gasteiger partial charge in [0, 0.05) is 6.42 Å². The highest BCUT2D eigenvalue weighted by Gasteiger charge is 2.15. The smallest absolute Gasteiger partial charge is 0.269 e. The largest absolute Gasteiger partial charge is 0.410 e. The van der Waals surface area contributed by atoms with Crippen LogP contribution in [0.1, 0.15) is 37.8 Å². The van der Waals surface area contributed by atoms with Gasteiger partial charge in [-0.2, -0.15) is 5.26 Å². The zero-order valence-corrected chi connectivity index (χ0v) is 10.8. The fraction of sp³-hybridized carbons (Fsp3) is 0.357. The van der Waals surface area contributed by atoms with Crippen molar-refractivity contribution in [3.05, 3.63) is 35.9 Å². The fourth-order valence-electron chi connectivity index (χ4n) is 1.65. The lowest BCUT2D eigenvalue weighted by atomic mass is 10.1. The number of hydrogen-bond donors (Lipinski definition) is 2. The van der Waals surface area contributed by atoms with Crippen LogP contribution in [0.2, 0.25) is 0 Å². The SMILES string of the molecule is C[C@@H](NC(=O)/C(CCCC#N)=N\O)c1ccccc1. The third-order valence-corrected chi connectivity index (χ3v) is 2.73. The van der Waals surface area contributed by atoms with Gasteiger partial charge in [0.05, 0.1) is 12.1 Å². The van der Waals surface area contributed by atoms with E-state index in [4.69, 9.17) is 10.5 Å². The molecule has 1 aromatic rings. The average molecular weight is 259 g/mol. The van der Waals surface area contributed by atoms with Gasteiger partial charge < -0.3 is 10.5 Å². The Kier molecular flexibility index (Phi) is 6.10. The van der Waals surface area contributed by atoms with E-state index in [2.05, 4.69) is 10.5 Å². The van der Waals surface area contributed by atoms with Crippen molar-refractivity contribution in [2.45, 2.75) is 32.2 Å². The normalized spacial score (nSPS) is 12.5. The summed E-state index contributed by atoms with van der Waals surface area (Å²) in [6.45, 7) is 1.86. The minimum absolute atomic E-state index is 0.0537. The van der Waals surface area contributed by atoms with Gasteiger partial charge in [0.2, 0.25) is 0 Å². The number of benzene rings is 1. The van der Waals surface area contributed by atoms with Gasteiger partial charge in [-0.05, 0) is 25.3 Å². The topological polar surface area (TPSA) is 85.5 Å². The lowest BCUT2D eigenvalue weighted by molar-refractivity contribution is -0.115. The van der Waals surface area contributed by atoms with E-state index in [1.165, 1.54) is 0 Å². The van der Waals surface area contributed by atoms with Crippen molar-refractivity contribution in [2.24, 2.45) is 5.16 Å². The predicted octanol–water partition coefficient (Wildman–Crippen LogP) is 2.39. The Balaban J connectivity index is 2.56. The molecule has 0 aliphatic rings. The Labute approximate surface area is 112 Å². The summed E-state index contributed by atoms with van der Waals surface area (Å²) < 4.78 is 0. The zero-order chi connectivity index (χ0) is 14.1. The first-order chi connectivity index (χ1) is 9.19. The third-order valence-electron chi connectivity index (χ3n) is 2.73. The number of amides is 1. The summed E-state index contributed by atoms with van der Waals surface area (Å²) in [5, 5.41) is 23.0. The number of hydrogen-bond acceptors (Lipinski definition) is 4. The minimum Gasteiger partial charge on any atom is -0.410 e. The van der Waals surface area contributed by atoms with Crippen LogP contribution in [0.15, 0.2) is 35.5 Å². The van der Waals surface area contributed by atoms with Gasteiger partial charge in [-0.25, -0.2) is 0 Å². The molecule has 1 aromatic carbocycles. The van der Waals surface area contributed by atoms with Crippen molar-refractivity contribution in [1.82, 2.24) is 5.32 Å². The predicted molar refractivity (Wildman–Crippen MR) is 71.7 cm³/mol. The van der Waals surface area contributed by atoms with E-state index < -0.39 is 5.91 Å². The third kappa shape index (κ3) is 4.80. The molecule has 1 rings (SSSR count). The minimum atomic E-state index is -0.406. The van der Waals surface area contributed by atoms with Gasteiger partial charge in [-0.15, -0.1) is 0 Å². The summed E-state index contributed by atoms with van der Waals surface area (Å²) in [5.74, 6) is -0.406. The first kappa shape index (κ1) is 14.7. The number of nitrogens with one attached hydrogen (secondary N) is 1. The molecular formula is C14H17N3O2. The van der Waals surface area contributed by atoms with Gasteiger partial charge >= 0.3 is 0 Å². The number of rotatable bonds is 6. The van der Waals surface area contributed by atoms with Crippen LogP contribution < -0.4 is 5.32 Å². The molecule has 0 saturated carbocycles. The molecule has 0 unspecified atom stereocenters. The number of nitriles is 1. The summed E-state index contributed by atoms with van der Waals surface area (Å²) in [5.41, 5.74) is 1.03. The van der Waals surface area contributed by atoms with Gasteiger partial charge in [-0.3, -0.25) is 4.79 Å². The highest BCUT2D eigenvalue weighted by Crippen LogP contribution is 2.11. The fourth-order valence-corrected chi connectivity index (χ4v) is 1.65. The van der Waals surface area contributed by atoms with Crippen molar-refractivity contribution < 1.29 is 10.0 Å². The van der Waals surface area contributed by atoms with Gasteiger partial charge in [0.25, 0.3) is 5.91 Å². The lowest BCUT2D eigenvalue weighted by Gasteiger charge is -2.14. The number of unbranched alkanes of at least 4 members (excludes halogenated alkanes) is 1. The standard InChI is InChI=1S/C14H17N3O2/c1-11(12-7-3-2-4-8-12)16-14(18)13(17-19)9-5-6-10-15/h2-4,7-8,11,19H,5-6,9H2,1H3,(H,16,18)/b17-13-/t11-/m1/s1. The Bertz CT molecular complexity index is 477. The number of carbonyl (C=O) groups is 1. The van der Waals surface area contributed by atoms with Crippen molar-refractivity contribution in [3.8, 4) is 6.07 Å². The second-order valence-corrected chi connectivity index (χ2v) is 4.16. The Morgan fingerprint density at radius 3 is 2.74 bits per heavy atom. The Morgan fingerprint density at radius 2 is 2.16 bits per heavy atom. The summed E-state index contributed by atoms with van der Waals surface area (Å²) in [6, 6.07) is 11.3. The second kappa shape index (κ2) is 7.88. The molecule has 1 atom stereocenters. The van der Waals surface area contributed by atoms with Crippen LogP contribution in [0.5, 0.6) is 0 Å². The van der Waals surface area contributed by atoms with E-state index in [0.717, 1.165) is 5.56 Å². The van der Waals surface area contributed by atoms with E-state index in [1.807, 2.05) is 43.3 Å². The van der Waals surface area contributed by atoms with Crippen LogP contribution in [0.25, 0.3) is 0 Å². The summed E-state index contributed by atoms with van der Waals surface area (Å²) in [7, 11) is 0. The number of oxime groups is 1. The maximum absolute atomic E-state index is 11.9. The van der Waals surface area contributed by atoms with Gasteiger partial charge in [0.1, 0.15) is 5.71 Å². The van der Waals surface area contributed by atoms with Crippen LogP contribution in [-0.2, 0) is 4.79 Å². The molecule has 100 valence electrons. The molecule has 19 heavy (non-hydrogen) atoms. The first-order valence-corrected chi connectivity index (χ1v) is 6.12. The summed E-state index contributed by atoms with van der Waals surface area (Å²) in [4.78, 5) is 11.9. The maximum atomic E-state index is 11.9. The molecule has 0 spiro atoms. The molecule has 5 nitrogen and oxygen atoms in total. The molecule has 0 radical (unpaired) electrons. The highest BCUT2D eigenvalue weighted by atomic mass is 16.4. The highest BCUT2D eigenvalue weighted by molar-refractivity contribution is 6.38. The van der Waals surface area contributed by atoms with Gasteiger partial charge in [0.15, 0.2) is 0 Å². The molecule has 0 aliphatic carbocycles. The Morgan fingerprint density at radius 1 is 1.47 bits per heavy atom. The monoisotopic (exact) mass is 259 g/mol. The molecule has 5 heteroatoms. The van der Waals surface area contributed by atoms with Crippen LogP contribution in [-0.4, -0.2) is 16.8 Å². The second-order valence-electron chi connectivity index (χ2n) is 4.16. The van der Waals surface area contributed by atoms with E-state index in [9.17, 15) is 4.79 Å². The maximum Gasteiger partial charge on any atom is 0.269 e. The zero-order valence-electron chi connectivity index (χ0n) is 10.8. The molecular weight excluding hydrogens is 242 g/mol. The molecule has 1 amide bonds. The van der Waals surface area contributed by atoms with Crippen LogP contribution in [0, 0.1) is 11.3 Å². The van der Waals surface area contributed by atoms with Crippen molar-refractivity contribution in [2.75, 3.05) is 0 Å². The van der Waals surface area contributed by atoms with Crippen LogP contribution >= 0.6 is 0 Å². The van der Waals surface area contributed by atoms with Crippen LogP contribution in [0.4, 0.5) is 0 Å². The van der Waals surface area contributed by atoms with E-state index >= 15 is 0 Å². The average Bonchev–Trinajstić information content (AvgIpc) is 2.44. The summed E-state index contributed by atoms with van der Waals surface area (Å²) >= 11 is 0. The van der Waals surface area contributed by atoms with Crippen molar-refractivity contribution in [3.63, 3.8) is 0 Å². The van der Waals surface area contributed by atoms with Crippen molar-refractivity contribution in [1.29, 1.82) is 5.26 Å². The van der Waals surface area contributed by atoms with E-state index in [1.54, 1.807) is 0 Å². The number of carbonyl (C=O) groups excluding carboxylic acids is 1. The van der Waals surface area contributed by atoms with E-state index in [-0.39, 0.29) is 18.2 Å². The van der Waals surface area contributed by atoms with Crippen molar-refractivity contribution >= 4 is 11.6 Å². The van der Waals surface area contributed by atoms with Gasteiger partial charge in [-0.1, -0.05) is 35.5 Å². The Hall–Kier alpha value is -2.35. The molecule has 0 fully saturated rings. The molecule has 0 aliphatic heterocycles. The first-order valence-electron chi connectivity index (χ1n) is 6.12. The van der Waals surface area contributed by atoms with E-state index in [0.29, 0.717) is 12.8 Å². The van der Waals surface area contributed by atoms with Crippen LogP contribution in [0.3, 0.4) is 0 Å². The summed E-state index contributed by atoms with van der Waals surface area (Å²) in [6.07, 6.45) is 1.13.